The van der Waals surface area contributed by atoms with Crippen molar-refractivity contribution in [2.75, 3.05) is 18.5 Å². The summed E-state index contributed by atoms with van der Waals surface area (Å²) < 4.78 is 26.2. The summed E-state index contributed by atoms with van der Waals surface area (Å²) in [4.78, 5) is 20.1. The molecule has 3 heterocycles. The van der Waals surface area contributed by atoms with E-state index in [1.54, 1.807) is 0 Å². The third-order valence-electron chi connectivity index (χ3n) is 7.85. The number of anilines is 1. The molecule has 5 nitrogen and oxygen atoms in total. The second kappa shape index (κ2) is 14.2. The van der Waals surface area contributed by atoms with Crippen molar-refractivity contribution in [3.05, 3.63) is 53.0 Å². The first-order valence-corrected chi connectivity index (χ1v) is 15.8. The van der Waals surface area contributed by atoms with Gasteiger partial charge in [-0.3, -0.25) is 4.79 Å². The predicted octanol–water partition coefficient (Wildman–Crippen LogP) is 9.13. The van der Waals surface area contributed by atoms with Crippen molar-refractivity contribution in [1.82, 2.24) is 4.98 Å². The van der Waals surface area contributed by atoms with Crippen molar-refractivity contribution in [1.29, 1.82) is 0 Å². The topological polar surface area (TPSA) is 51.7 Å². The number of halogens is 1. The minimum absolute atomic E-state index is 0.148. The van der Waals surface area contributed by atoms with Crippen LogP contribution in [0.4, 0.5) is 10.2 Å². The zero-order valence-corrected chi connectivity index (χ0v) is 27.6. The maximum Gasteiger partial charge on any atom is 0.306 e. The summed E-state index contributed by atoms with van der Waals surface area (Å²) in [5, 5.41) is 0. The van der Waals surface area contributed by atoms with Crippen molar-refractivity contribution in [2.24, 2.45) is 5.92 Å². The van der Waals surface area contributed by atoms with E-state index in [4.69, 9.17) is 14.5 Å². The molecule has 0 radical (unpaired) electrons. The highest BCUT2D eigenvalue weighted by atomic mass is 19.1. The molecule has 1 aromatic heterocycles. The van der Waals surface area contributed by atoms with Crippen LogP contribution in [0.5, 0.6) is 0 Å². The summed E-state index contributed by atoms with van der Waals surface area (Å²) in [6, 6.07) is 6.83. The number of fused-ring (bicyclic) bond motifs is 1. The van der Waals surface area contributed by atoms with Gasteiger partial charge in [0.15, 0.2) is 0 Å². The van der Waals surface area contributed by atoms with Crippen LogP contribution >= 0.6 is 0 Å². The van der Waals surface area contributed by atoms with Crippen LogP contribution < -0.4 is 4.90 Å². The van der Waals surface area contributed by atoms with Crippen LogP contribution in [0.1, 0.15) is 117 Å². The standard InChI is InChI=1S/C34H47FN2O3.C2H6/c1-22(2)31-27(30(24-11-13-25(35)14-12-24)28-10-9-19-37(8)32(28)36-31)16-15-26-20-23(17-18-34(6,7)39-26)21-29(38)40-33(3,4)5;1-2/h11-16,22-23,26H,9-10,17-21H2,1-8H3;1-2H3/b16-15+;/t23-,26-;/m1./s1. The van der Waals surface area contributed by atoms with Gasteiger partial charge in [-0.05, 0) is 102 Å². The Morgan fingerprint density at radius 3 is 2.50 bits per heavy atom. The van der Waals surface area contributed by atoms with E-state index in [-0.39, 0.29) is 35.3 Å². The number of rotatable bonds is 6. The number of carbonyl (C=O) groups excluding carboxylic acids is 1. The van der Waals surface area contributed by atoms with E-state index < -0.39 is 5.60 Å². The van der Waals surface area contributed by atoms with Gasteiger partial charge < -0.3 is 14.4 Å². The molecule has 0 N–H and O–H groups in total. The fourth-order valence-corrected chi connectivity index (χ4v) is 5.99. The molecule has 2 aromatic rings. The lowest BCUT2D eigenvalue weighted by Gasteiger charge is -2.31. The number of pyridine rings is 1. The number of aromatic nitrogens is 1. The van der Waals surface area contributed by atoms with Gasteiger partial charge in [0.1, 0.15) is 17.2 Å². The smallest absolute Gasteiger partial charge is 0.306 e. The number of hydrogen-bond acceptors (Lipinski definition) is 5. The molecule has 0 bridgehead atoms. The minimum atomic E-state index is -0.492. The Morgan fingerprint density at radius 2 is 1.88 bits per heavy atom. The first-order chi connectivity index (χ1) is 19.7. The molecule has 0 saturated carbocycles. The van der Waals surface area contributed by atoms with E-state index in [1.165, 1.54) is 17.7 Å². The molecule has 2 aliphatic rings. The fraction of sp³-hybridized carbons (Fsp3) is 0.611. The number of carbonyl (C=O) groups is 1. The van der Waals surface area contributed by atoms with Crippen LogP contribution in [-0.2, 0) is 20.7 Å². The molecule has 2 atom stereocenters. The average molecular weight is 581 g/mol. The molecule has 0 amide bonds. The van der Waals surface area contributed by atoms with Crippen molar-refractivity contribution in [3.63, 3.8) is 0 Å². The predicted molar refractivity (Wildman–Crippen MR) is 172 cm³/mol. The molecule has 1 aromatic carbocycles. The number of esters is 1. The van der Waals surface area contributed by atoms with Crippen LogP contribution in [0.3, 0.4) is 0 Å². The fourth-order valence-electron chi connectivity index (χ4n) is 5.99. The van der Waals surface area contributed by atoms with Crippen LogP contribution in [0.2, 0.25) is 0 Å². The summed E-state index contributed by atoms with van der Waals surface area (Å²) in [5.74, 6) is 1.02. The Kier molecular flexibility index (Phi) is 11.4. The molecule has 42 heavy (non-hydrogen) atoms. The Morgan fingerprint density at radius 1 is 1.21 bits per heavy atom. The van der Waals surface area contributed by atoms with Gasteiger partial charge in [0, 0.05) is 31.1 Å². The monoisotopic (exact) mass is 580 g/mol. The largest absolute Gasteiger partial charge is 0.460 e. The van der Waals surface area contributed by atoms with Gasteiger partial charge in [0.05, 0.1) is 17.4 Å². The second-order valence-corrected chi connectivity index (χ2v) is 13.5. The molecule has 4 rings (SSSR count). The average Bonchev–Trinajstić information content (AvgIpc) is 3.04. The van der Waals surface area contributed by atoms with Crippen molar-refractivity contribution in [3.8, 4) is 11.1 Å². The summed E-state index contributed by atoms with van der Waals surface area (Å²) in [6.45, 7) is 19.3. The number of benzene rings is 1. The third kappa shape index (κ3) is 8.89. The quantitative estimate of drug-likeness (QED) is 0.319. The normalized spacial score (nSPS) is 20.5. The Balaban J connectivity index is 0.00000237. The molecule has 0 aliphatic carbocycles. The highest BCUT2D eigenvalue weighted by Gasteiger charge is 2.32. The SMILES string of the molecule is CC.CC(C)c1nc2c(c(-c3ccc(F)cc3)c1/C=C/[C@@H]1C[C@H](CC(=O)OC(C)(C)C)CCC(C)(C)O1)CCCN2C. The number of nitrogens with zero attached hydrogens (tertiary/aromatic N) is 2. The van der Waals surface area contributed by atoms with Gasteiger partial charge in [-0.15, -0.1) is 0 Å². The van der Waals surface area contributed by atoms with Gasteiger partial charge in [-0.2, -0.15) is 0 Å². The first kappa shape index (κ1) is 33.8. The molecule has 6 heteroatoms. The van der Waals surface area contributed by atoms with Crippen LogP contribution in [-0.4, -0.2) is 41.9 Å². The molecular formula is C36H53FN2O3. The second-order valence-electron chi connectivity index (χ2n) is 13.5. The van der Waals surface area contributed by atoms with E-state index in [9.17, 15) is 9.18 Å². The van der Waals surface area contributed by atoms with E-state index in [2.05, 4.69) is 51.8 Å². The maximum atomic E-state index is 13.9. The number of ether oxygens (including phenoxy) is 2. The van der Waals surface area contributed by atoms with E-state index >= 15 is 0 Å². The van der Waals surface area contributed by atoms with Gasteiger partial charge in [0.2, 0.25) is 0 Å². The molecule has 232 valence electrons. The molecule has 0 spiro atoms. The van der Waals surface area contributed by atoms with Crippen LogP contribution in [0, 0.1) is 11.7 Å². The summed E-state index contributed by atoms with van der Waals surface area (Å²) in [7, 11) is 2.10. The molecule has 2 aliphatic heterocycles. The van der Waals surface area contributed by atoms with Gasteiger partial charge in [0.25, 0.3) is 0 Å². The molecular weight excluding hydrogens is 527 g/mol. The molecule has 0 unspecified atom stereocenters. The van der Waals surface area contributed by atoms with Crippen molar-refractivity contribution < 1.29 is 18.7 Å². The highest BCUT2D eigenvalue weighted by Crippen LogP contribution is 2.41. The number of hydrogen-bond donors (Lipinski definition) is 0. The van der Waals surface area contributed by atoms with Crippen LogP contribution in [0.15, 0.2) is 30.3 Å². The summed E-state index contributed by atoms with van der Waals surface area (Å²) >= 11 is 0. The Hall–Kier alpha value is -2.73. The van der Waals surface area contributed by atoms with E-state index in [0.717, 1.165) is 66.9 Å². The van der Waals surface area contributed by atoms with Gasteiger partial charge in [-0.25, -0.2) is 9.37 Å². The third-order valence-corrected chi connectivity index (χ3v) is 7.85. The summed E-state index contributed by atoms with van der Waals surface area (Å²) in [5.41, 5.74) is 4.67. The van der Waals surface area contributed by atoms with Gasteiger partial charge >= 0.3 is 5.97 Å². The van der Waals surface area contributed by atoms with E-state index in [1.807, 2.05) is 46.8 Å². The molecule has 1 fully saturated rings. The first-order valence-electron chi connectivity index (χ1n) is 15.8. The van der Waals surface area contributed by atoms with Crippen molar-refractivity contribution in [2.45, 2.75) is 124 Å². The maximum absolute atomic E-state index is 13.9. The van der Waals surface area contributed by atoms with Gasteiger partial charge in [-0.1, -0.05) is 52.0 Å². The zero-order chi connectivity index (χ0) is 31.2. The Labute approximate surface area is 253 Å². The minimum Gasteiger partial charge on any atom is -0.460 e. The zero-order valence-electron chi connectivity index (χ0n) is 27.6. The van der Waals surface area contributed by atoms with E-state index in [0.29, 0.717) is 6.42 Å². The highest BCUT2D eigenvalue weighted by molar-refractivity contribution is 5.83. The summed E-state index contributed by atoms with van der Waals surface area (Å²) in [6.07, 6.45) is 9.12. The van der Waals surface area contributed by atoms with Crippen LogP contribution in [0.25, 0.3) is 17.2 Å². The molecule has 1 saturated heterocycles. The lowest BCUT2D eigenvalue weighted by atomic mass is 9.87. The van der Waals surface area contributed by atoms with Crippen molar-refractivity contribution >= 4 is 17.9 Å². The lowest BCUT2D eigenvalue weighted by molar-refractivity contribution is -0.156. The Bertz CT molecular complexity index is 1230. The lowest BCUT2D eigenvalue weighted by Crippen LogP contribution is -2.28.